The Morgan fingerprint density at radius 2 is 2.11 bits per heavy atom. The molecule has 0 spiro atoms. The minimum absolute atomic E-state index is 0.197. The second-order valence-corrected chi connectivity index (χ2v) is 5.44. The summed E-state index contributed by atoms with van der Waals surface area (Å²) in [5.74, 6) is 6.40. The monoisotopic (exact) mass is 248 g/mol. The van der Waals surface area contributed by atoms with E-state index >= 15 is 0 Å². The normalized spacial score (nSPS) is 18.7. The van der Waals surface area contributed by atoms with Crippen molar-refractivity contribution in [3.8, 4) is 0 Å². The van der Waals surface area contributed by atoms with Crippen LogP contribution in [0.25, 0.3) is 0 Å². The summed E-state index contributed by atoms with van der Waals surface area (Å²) in [5.41, 5.74) is 6.93. The highest BCUT2D eigenvalue weighted by Gasteiger charge is 2.36. The third kappa shape index (κ3) is 3.10. The first-order valence-corrected chi connectivity index (χ1v) is 6.70. The van der Waals surface area contributed by atoms with Crippen LogP contribution in [0.15, 0.2) is 18.2 Å². The molecular weight excluding hydrogens is 224 g/mol. The van der Waals surface area contributed by atoms with Gasteiger partial charge in [0.1, 0.15) is 0 Å². The van der Waals surface area contributed by atoms with Crippen molar-refractivity contribution in [2.45, 2.75) is 45.3 Å². The van der Waals surface area contributed by atoms with Crippen molar-refractivity contribution in [3.63, 3.8) is 0 Å². The molecule has 2 unspecified atom stereocenters. The summed E-state index contributed by atoms with van der Waals surface area (Å²) in [7, 11) is 1.79. The zero-order chi connectivity index (χ0) is 13.1. The molecule has 1 aliphatic carbocycles. The van der Waals surface area contributed by atoms with E-state index in [0.29, 0.717) is 5.92 Å². The Kier molecular flexibility index (Phi) is 4.38. The third-order valence-electron chi connectivity index (χ3n) is 3.91. The molecule has 1 fully saturated rings. The van der Waals surface area contributed by atoms with Crippen molar-refractivity contribution in [2.24, 2.45) is 11.8 Å². The van der Waals surface area contributed by atoms with Crippen LogP contribution in [0, 0.1) is 19.8 Å². The maximum absolute atomic E-state index is 5.72. The molecule has 0 heterocycles. The summed E-state index contributed by atoms with van der Waals surface area (Å²) in [5, 5.41) is 0. The second-order valence-electron chi connectivity index (χ2n) is 5.44. The number of aryl methyl sites for hydroxylation is 2. The van der Waals surface area contributed by atoms with Gasteiger partial charge in [0.05, 0.1) is 12.1 Å². The molecule has 0 radical (unpaired) electrons. The summed E-state index contributed by atoms with van der Waals surface area (Å²) in [6, 6.07) is 6.78. The first kappa shape index (κ1) is 13.5. The van der Waals surface area contributed by atoms with Crippen molar-refractivity contribution in [2.75, 3.05) is 7.11 Å². The van der Waals surface area contributed by atoms with Crippen LogP contribution in [0.3, 0.4) is 0 Å². The van der Waals surface area contributed by atoms with Gasteiger partial charge in [0.15, 0.2) is 0 Å². The maximum Gasteiger partial charge on any atom is 0.0769 e. The average Bonchev–Trinajstić information content (AvgIpc) is 3.17. The van der Waals surface area contributed by atoms with Crippen LogP contribution in [0.5, 0.6) is 0 Å². The van der Waals surface area contributed by atoms with E-state index in [4.69, 9.17) is 10.6 Å². The Morgan fingerprint density at radius 3 is 2.67 bits per heavy atom. The molecule has 2 rings (SSSR count). The molecule has 3 heteroatoms. The molecule has 0 amide bonds. The lowest BCUT2D eigenvalue weighted by Gasteiger charge is -2.26. The Balaban J connectivity index is 2.11. The molecule has 2 atom stereocenters. The molecule has 1 aromatic rings. The lowest BCUT2D eigenvalue weighted by atomic mass is 9.95. The first-order chi connectivity index (χ1) is 8.65. The van der Waals surface area contributed by atoms with Gasteiger partial charge >= 0.3 is 0 Å². The third-order valence-corrected chi connectivity index (χ3v) is 3.91. The Hall–Kier alpha value is -0.900. The van der Waals surface area contributed by atoms with Gasteiger partial charge in [0, 0.05) is 7.11 Å². The lowest BCUT2D eigenvalue weighted by Crippen LogP contribution is -2.47. The number of hydrogen-bond donors (Lipinski definition) is 2. The standard InChI is InChI=1S/C15H24N2O/c1-10-4-5-11(2)13(8-10)9-14(17-16)15(18-3)12-6-7-12/h4-5,8,12,14-15,17H,6-7,9,16H2,1-3H3. The molecule has 1 saturated carbocycles. The molecule has 0 saturated heterocycles. The highest BCUT2D eigenvalue weighted by atomic mass is 16.5. The van der Waals surface area contributed by atoms with Crippen LogP contribution in [0.2, 0.25) is 0 Å². The first-order valence-electron chi connectivity index (χ1n) is 6.70. The van der Waals surface area contributed by atoms with E-state index in [1.54, 1.807) is 7.11 Å². The van der Waals surface area contributed by atoms with E-state index in [0.717, 1.165) is 6.42 Å². The van der Waals surface area contributed by atoms with Gasteiger partial charge in [-0.05, 0) is 50.2 Å². The van der Waals surface area contributed by atoms with E-state index in [2.05, 4.69) is 37.5 Å². The molecule has 0 bridgehead atoms. The SMILES string of the molecule is COC(C1CC1)C(Cc1cc(C)ccc1C)NN. The number of nitrogens with two attached hydrogens (primary N) is 1. The lowest BCUT2D eigenvalue weighted by molar-refractivity contribution is 0.0510. The van der Waals surface area contributed by atoms with Crippen molar-refractivity contribution >= 4 is 0 Å². The average molecular weight is 248 g/mol. The fraction of sp³-hybridized carbons (Fsp3) is 0.600. The second kappa shape index (κ2) is 5.83. The molecule has 0 aromatic heterocycles. The maximum atomic E-state index is 5.72. The number of hydrazine groups is 1. The predicted molar refractivity (Wildman–Crippen MR) is 74.3 cm³/mol. The summed E-state index contributed by atoms with van der Waals surface area (Å²) < 4.78 is 5.63. The molecule has 18 heavy (non-hydrogen) atoms. The number of hydrogen-bond acceptors (Lipinski definition) is 3. The molecule has 3 nitrogen and oxygen atoms in total. The van der Waals surface area contributed by atoms with Gasteiger partial charge in [-0.1, -0.05) is 23.8 Å². The Labute approximate surface area is 110 Å². The highest BCUT2D eigenvalue weighted by molar-refractivity contribution is 5.31. The van der Waals surface area contributed by atoms with Crippen molar-refractivity contribution < 1.29 is 4.74 Å². The van der Waals surface area contributed by atoms with Gasteiger partial charge in [-0.3, -0.25) is 11.3 Å². The van der Waals surface area contributed by atoms with Crippen LogP contribution in [-0.2, 0) is 11.2 Å². The van der Waals surface area contributed by atoms with Crippen LogP contribution >= 0.6 is 0 Å². The number of nitrogens with one attached hydrogen (secondary N) is 1. The van der Waals surface area contributed by atoms with Crippen molar-refractivity contribution in [1.29, 1.82) is 0 Å². The van der Waals surface area contributed by atoms with E-state index in [-0.39, 0.29) is 12.1 Å². The summed E-state index contributed by atoms with van der Waals surface area (Å²) in [6.07, 6.45) is 3.70. The van der Waals surface area contributed by atoms with Crippen LogP contribution in [0.1, 0.15) is 29.5 Å². The van der Waals surface area contributed by atoms with Crippen molar-refractivity contribution in [1.82, 2.24) is 5.43 Å². The molecule has 3 N–H and O–H groups in total. The summed E-state index contributed by atoms with van der Waals surface area (Å²) >= 11 is 0. The van der Waals surface area contributed by atoms with Gasteiger partial charge in [0.2, 0.25) is 0 Å². The fourth-order valence-electron chi connectivity index (χ4n) is 2.64. The van der Waals surface area contributed by atoms with Gasteiger partial charge in [0.25, 0.3) is 0 Å². The highest BCUT2D eigenvalue weighted by Crippen LogP contribution is 2.36. The fourth-order valence-corrected chi connectivity index (χ4v) is 2.64. The van der Waals surface area contributed by atoms with Crippen LogP contribution in [0.4, 0.5) is 0 Å². The molecular formula is C15H24N2O. The molecule has 1 aliphatic rings. The minimum atomic E-state index is 0.197. The summed E-state index contributed by atoms with van der Waals surface area (Å²) in [6.45, 7) is 4.28. The zero-order valence-electron chi connectivity index (χ0n) is 11.6. The van der Waals surface area contributed by atoms with Gasteiger partial charge < -0.3 is 4.74 Å². The number of rotatable bonds is 6. The molecule has 1 aromatic carbocycles. The predicted octanol–water partition coefficient (Wildman–Crippen LogP) is 2.10. The van der Waals surface area contributed by atoms with Gasteiger partial charge in [-0.2, -0.15) is 0 Å². The number of benzene rings is 1. The van der Waals surface area contributed by atoms with E-state index < -0.39 is 0 Å². The smallest absolute Gasteiger partial charge is 0.0769 e. The topological polar surface area (TPSA) is 47.3 Å². The zero-order valence-corrected chi connectivity index (χ0v) is 11.6. The number of methoxy groups -OCH3 is 1. The molecule has 100 valence electrons. The van der Waals surface area contributed by atoms with E-state index in [1.807, 2.05) is 0 Å². The van der Waals surface area contributed by atoms with E-state index in [9.17, 15) is 0 Å². The number of ether oxygens (including phenoxy) is 1. The molecule has 0 aliphatic heterocycles. The van der Waals surface area contributed by atoms with Gasteiger partial charge in [-0.15, -0.1) is 0 Å². The summed E-state index contributed by atoms with van der Waals surface area (Å²) in [4.78, 5) is 0. The van der Waals surface area contributed by atoms with Crippen LogP contribution in [-0.4, -0.2) is 19.3 Å². The minimum Gasteiger partial charge on any atom is -0.379 e. The van der Waals surface area contributed by atoms with Crippen molar-refractivity contribution in [3.05, 3.63) is 34.9 Å². The quantitative estimate of drug-likeness (QED) is 0.599. The largest absolute Gasteiger partial charge is 0.379 e. The van der Waals surface area contributed by atoms with Crippen LogP contribution < -0.4 is 11.3 Å². The van der Waals surface area contributed by atoms with E-state index in [1.165, 1.54) is 29.5 Å². The van der Waals surface area contributed by atoms with Gasteiger partial charge in [-0.25, -0.2) is 0 Å². The Morgan fingerprint density at radius 1 is 1.39 bits per heavy atom. The Bertz CT molecular complexity index is 401.